The van der Waals surface area contributed by atoms with Crippen LogP contribution in [0.3, 0.4) is 0 Å². The number of benzene rings is 2. The summed E-state index contributed by atoms with van der Waals surface area (Å²) in [5.41, 5.74) is 1.01. The molecule has 2 aromatic carbocycles. The molecule has 2 aromatic rings. The van der Waals surface area contributed by atoms with Crippen molar-refractivity contribution in [2.24, 2.45) is 5.90 Å². The second-order valence-corrected chi connectivity index (χ2v) is 6.19. The first kappa shape index (κ1) is 19.5. The fourth-order valence-corrected chi connectivity index (χ4v) is 2.71. The van der Waals surface area contributed by atoms with Crippen molar-refractivity contribution in [1.29, 1.82) is 0 Å². The van der Waals surface area contributed by atoms with E-state index < -0.39 is 5.12 Å². The van der Waals surface area contributed by atoms with Crippen LogP contribution in [0.4, 0.5) is 5.69 Å². The van der Waals surface area contributed by atoms with Crippen LogP contribution in [-0.2, 0) is 22.0 Å². The van der Waals surface area contributed by atoms with Gasteiger partial charge >= 0.3 is 0 Å². The van der Waals surface area contributed by atoms with E-state index in [0.717, 1.165) is 31.4 Å². The largest absolute Gasteiger partial charge is 0.737 e. The molecule has 0 radical (unpaired) electrons. The molecule has 0 aliphatic heterocycles. The van der Waals surface area contributed by atoms with Crippen molar-refractivity contribution >= 4 is 35.5 Å². The first-order valence-corrected chi connectivity index (χ1v) is 8.87. The molecule has 0 saturated heterocycles. The van der Waals surface area contributed by atoms with Crippen LogP contribution in [-0.4, -0.2) is 11.7 Å². The molecule has 0 unspecified atom stereocenters. The van der Waals surface area contributed by atoms with E-state index in [1.165, 1.54) is 0 Å². The Morgan fingerprint density at radius 1 is 1.28 bits per heavy atom. The van der Waals surface area contributed by atoms with Crippen LogP contribution in [0.2, 0.25) is 0 Å². The quantitative estimate of drug-likeness (QED) is 0.209. The average molecular weight is 379 g/mol. The average Bonchev–Trinajstić information content (AvgIpc) is 2.62. The van der Waals surface area contributed by atoms with Crippen molar-refractivity contribution < 1.29 is 18.9 Å². The highest BCUT2D eigenvalue weighted by Crippen LogP contribution is 2.40. The van der Waals surface area contributed by atoms with Gasteiger partial charge in [-0.15, -0.1) is 9.32 Å². The van der Waals surface area contributed by atoms with Crippen LogP contribution in [0.1, 0.15) is 30.1 Å². The summed E-state index contributed by atoms with van der Waals surface area (Å²) in [7, 11) is 0. The minimum atomic E-state index is -0.472. The molecule has 0 aliphatic rings. The van der Waals surface area contributed by atoms with Gasteiger partial charge in [0.05, 0.1) is 22.6 Å². The molecule has 0 aliphatic carbocycles. The number of anilines is 1. The van der Waals surface area contributed by atoms with Crippen molar-refractivity contribution in [3.05, 3.63) is 48.0 Å². The molecule has 0 bridgehead atoms. The molecule has 0 fully saturated rings. The summed E-state index contributed by atoms with van der Waals surface area (Å²) in [4.78, 5) is 16.3. The van der Waals surface area contributed by atoms with Crippen LogP contribution in [0, 0.1) is 0 Å². The first-order chi connectivity index (χ1) is 12.2. The van der Waals surface area contributed by atoms with Crippen molar-refractivity contribution in [1.82, 2.24) is 0 Å². The molecule has 6 nitrogen and oxygen atoms in total. The normalized spacial score (nSPS) is 10.5. The Hall–Kier alpha value is -1.84. The Balaban J connectivity index is 2.42. The van der Waals surface area contributed by atoms with E-state index in [9.17, 15) is 4.79 Å². The van der Waals surface area contributed by atoms with Gasteiger partial charge in [-0.25, -0.2) is 0 Å². The summed E-state index contributed by atoms with van der Waals surface area (Å²) < 4.78 is 10.8. The zero-order valence-electron chi connectivity index (χ0n) is 13.7. The minimum absolute atomic E-state index is 0.359. The first-order valence-electron chi connectivity index (χ1n) is 7.72. The highest BCUT2D eigenvalue weighted by atomic mass is 32.2. The van der Waals surface area contributed by atoms with Gasteiger partial charge in [0.15, 0.2) is 5.75 Å². The molecule has 25 heavy (non-hydrogen) atoms. The van der Waals surface area contributed by atoms with Crippen LogP contribution in [0.15, 0.2) is 47.4 Å². The maximum Gasteiger partial charge on any atom is 0.166 e. The number of nitrogens with two attached hydrogens (primary N) is 1. The Morgan fingerprint density at radius 2 is 2.04 bits per heavy atom. The zero-order chi connectivity index (χ0) is 18.1. The predicted octanol–water partition coefficient (Wildman–Crippen LogP) is 4.21. The molecule has 0 atom stereocenters. The minimum Gasteiger partial charge on any atom is -0.737 e. The SMILES string of the molecule is CCCCNc1cc(C(=O)[S-])cc(SOON)c1Oc1ccccc1. The number of carbonyl (C=O) groups is 1. The standard InChI is InChI=1S/C17H20N2O4S2/c1-2-3-9-19-14-10-12(17(20)24)11-15(25-23-22-18)16(14)21-13-7-5-4-6-8-13/h4-8,10-11,19H,2-3,9,18H2,1H3,(H,20,24)/p-1. The number of rotatable bonds is 10. The van der Waals surface area contributed by atoms with Crippen LogP contribution in [0.25, 0.3) is 0 Å². The maximum absolute atomic E-state index is 11.7. The van der Waals surface area contributed by atoms with Gasteiger partial charge in [0.2, 0.25) is 0 Å². The molecule has 0 saturated carbocycles. The third kappa shape index (κ3) is 5.87. The fraction of sp³-hybridized carbons (Fsp3) is 0.235. The van der Waals surface area contributed by atoms with Crippen molar-refractivity contribution in [2.45, 2.75) is 24.7 Å². The van der Waals surface area contributed by atoms with E-state index >= 15 is 0 Å². The Bertz CT molecular complexity index is 699. The molecule has 0 heterocycles. The number of para-hydroxylation sites is 1. The molecule has 3 N–H and O–H groups in total. The number of nitrogens with one attached hydrogen (secondary N) is 1. The van der Waals surface area contributed by atoms with E-state index in [2.05, 4.69) is 17.2 Å². The third-order valence-electron chi connectivity index (χ3n) is 3.26. The van der Waals surface area contributed by atoms with E-state index in [1.807, 2.05) is 30.3 Å². The molecule has 0 amide bonds. The van der Waals surface area contributed by atoms with Gasteiger partial charge in [0, 0.05) is 11.7 Å². The van der Waals surface area contributed by atoms with Gasteiger partial charge in [0.25, 0.3) is 0 Å². The van der Waals surface area contributed by atoms with Gasteiger partial charge < -0.3 is 27.5 Å². The van der Waals surface area contributed by atoms with E-state index in [-0.39, 0.29) is 0 Å². The molecule has 0 aromatic heterocycles. The lowest BCUT2D eigenvalue weighted by Crippen LogP contribution is -2.06. The van der Waals surface area contributed by atoms with Crippen molar-refractivity contribution in [3.8, 4) is 11.5 Å². The lowest BCUT2D eigenvalue weighted by atomic mass is 10.2. The van der Waals surface area contributed by atoms with Gasteiger partial charge in [-0.1, -0.05) is 31.5 Å². The second-order valence-electron chi connectivity index (χ2n) is 5.08. The van der Waals surface area contributed by atoms with Gasteiger partial charge in [-0.2, -0.15) is 5.90 Å². The van der Waals surface area contributed by atoms with E-state index in [4.69, 9.17) is 27.6 Å². The maximum atomic E-state index is 11.7. The highest BCUT2D eigenvalue weighted by Gasteiger charge is 2.16. The number of hydrogen-bond acceptors (Lipinski definition) is 8. The number of carbonyl (C=O) groups excluding carboxylic acids is 1. The lowest BCUT2D eigenvalue weighted by molar-refractivity contribution is -0.195. The lowest BCUT2D eigenvalue weighted by Gasteiger charge is -2.18. The molecule has 8 heteroatoms. The third-order valence-corrected chi connectivity index (χ3v) is 4.13. The Labute approximate surface area is 156 Å². The Morgan fingerprint density at radius 3 is 2.68 bits per heavy atom. The van der Waals surface area contributed by atoms with Crippen molar-refractivity contribution in [2.75, 3.05) is 11.9 Å². The van der Waals surface area contributed by atoms with Gasteiger partial charge in [-0.05, 0) is 36.2 Å². The monoisotopic (exact) mass is 379 g/mol. The van der Waals surface area contributed by atoms with E-state index in [1.54, 1.807) is 12.1 Å². The van der Waals surface area contributed by atoms with Gasteiger partial charge in [-0.3, -0.25) is 0 Å². The summed E-state index contributed by atoms with van der Waals surface area (Å²) in [6.45, 7) is 2.83. The van der Waals surface area contributed by atoms with Crippen LogP contribution < -0.4 is 16.0 Å². The topological polar surface area (TPSA) is 82.8 Å². The number of ether oxygens (including phenoxy) is 1. The fourth-order valence-electron chi connectivity index (χ4n) is 2.08. The molecule has 0 spiro atoms. The molecular weight excluding hydrogens is 360 g/mol. The summed E-state index contributed by atoms with van der Waals surface area (Å²) in [5, 5.41) is 2.81. The van der Waals surface area contributed by atoms with Crippen LogP contribution >= 0.6 is 12.0 Å². The number of unbranched alkanes of at least 4 members (excludes halogenated alkanes) is 1. The number of hydrogen-bond donors (Lipinski definition) is 2. The summed E-state index contributed by atoms with van der Waals surface area (Å²) in [6, 6.07) is 12.6. The Kier molecular flexibility index (Phi) is 7.96. The predicted molar refractivity (Wildman–Crippen MR) is 100 cm³/mol. The zero-order valence-corrected chi connectivity index (χ0v) is 15.3. The molecule has 2 rings (SSSR count). The molecular formula is C17H19N2O4S2-. The smallest absolute Gasteiger partial charge is 0.166 e. The van der Waals surface area contributed by atoms with Crippen molar-refractivity contribution in [3.63, 3.8) is 0 Å². The second kappa shape index (κ2) is 10.2. The molecule has 134 valence electrons. The van der Waals surface area contributed by atoms with Crippen LogP contribution in [0.5, 0.6) is 11.5 Å². The highest BCUT2D eigenvalue weighted by molar-refractivity contribution is 7.94. The summed E-state index contributed by atoms with van der Waals surface area (Å²) in [6.07, 6.45) is 2.01. The van der Waals surface area contributed by atoms with E-state index in [0.29, 0.717) is 27.6 Å². The van der Waals surface area contributed by atoms with Gasteiger partial charge in [0.1, 0.15) is 5.75 Å². The summed E-state index contributed by atoms with van der Waals surface area (Å²) >= 11 is 5.61. The summed E-state index contributed by atoms with van der Waals surface area (Å²) in [5.74, 6) is 6.08.